The lowest BCUT2D eigenvalue weighted by molar-refractivity contribution is -0.132. The highest BCUT2D eigenvalue weighted by atomic mass is 19.1. The molecule has 0 aliphatic rings. The Hall–Kier alpha value is -5.52. The van der Waals surface area contributed by atoms with Crippen LogP contribution in [0.5, 0.6) is 11.5 Å². The number of aromatic nitrogens is 4. The minimum absolute atomic E-state index is 0.00919. The molecule has 0 saturated heterocycles. The summed E-state index contributed by atoms with van der Waals surface area (Å²) in [6, 6.07) is 15.1. The van der Waals surface area contributed by atoms with Crippen molar-refractivity contribution in [1.29, 1.82) is 0 Å². The highest BCUT2D eigenvalue weighted by Crippen LogP contribution is 2.24. The summed E-state index contributed by atoms with van der Waals surface area (Å²) in [6.07, 6.45) is 11.2. The van der Waals surface area contributed by atoms with Gasteiger partial charge in [-0.15, -0.1) is 0 Å². The Labute approximate surface area is 273 Å². The average molecular weight is 642 g/mol. The second-order valence-corrected chi connectivity index (χ2v) is 10.8. The first-order valence-corrected chi connectivity index (χ1v) is 15.5. The number of nitrogens with zero attached hydrogens (tertiary/aromatic N) is 4. The van der Waals surface area contributed by atoms with Crippen LogP contribution in [0.25, 0.3) is 10.9 Å². The molecule has 2 aromatic carbocycles. The maximum Gasteiger partial charge on any atom is 0.251 e. The highest BCUT2D eigenvalue weighted by Gasteiger charge is 2.20. The lowest BCUT2D eigenvalue weighted by Gasteiger charge is -2.28. The number of H-pyrrole nitrogens is 1. The Bertz CT molecular complexity index is 1710. The molecule has 0 saturated carbocycles. The second kappa shape index (κ2) is 17.2. The van der Waals surface area contributed by atoms with E-state index in [-0.39, 0.29) is 29.8 Å². The van der Waals surface area contributed by atoms with Gasteiger partial charge in [0.15, 0.2) is 0 Å². The van der Waals surface area contributed by atoms with Gasteiger partial charge in [-0.25, -0.2) is 9.37 Å². The zero-order valence-electron chi connectivity index (χ0n) is 26.8. The third-order valence-corrected chi connectivity index (χ3v) is 7.51. The molecule has 0 fully saturated rings. The number of aromatic amines is 1. The number of nitrogens with one attached hydrogen (secondary N) is 3. The van der Waals surface area contributed by atoms with Crippen LogP contribution < -0.4 is 15.4 Å². The zero-order chi connectivity index (χ0) is 33.6. The fourth-order valence-corrected chi connectivity index (χ4v) is 4.97. The number of imidazole rings is 1. The van der Waals surface area contributed by atoms with Crippen LogP contribution in [-0.2, 0) is 29.1 Å². The predicted molar refractivity (Wildman–Crippen MR) is 177 cm³/mol. The number of fused-ring (bicyclic) bond motifs is 1. The van der Waals surface area contributed by atoms with Crippen LogP contribution >= 0.6 is 0 Å². The minimum Gasteiger partial charge on any atom is -0.457 e. The van der Waals surface area contributed by atoms with Gasteiger partial charge in [0.05, 0.1) is 19.4 Å². The lowest BCUT2D eigenvalue weighted by Crippen LogP contribution is -2.44. The summed E-state index contributed by atoms with van der Waals surface area (Å²) >= 11 is 0. The molecular weight excluding hydrogens is 601 g/mol. The molecule has 47 heavy (non-hydrogen) atoms. The van der Waals surface area contributed by atoms with Gasteiger partial charge in [-0.1, -0.05) is 19.1 Å². The summed E-state index contributed by atoms with van der Waals surface area (Å²) in [5.74, 6) is -0.571. The third-order valence-electron chi connectivity index (χ3n) is 7.51. The number of ether oxygens (including phenoxy) is 1. The van der Waals surface area contributed by atoms with Crippen molar-refractivity contribution in [2.45, 2.75) is 52.7 Å². The van der Waals surface area contributed by atoms with E-state index in [1.54, 1.807) is 42.0 Å². The van der Waals surface area contributed by atoms with E-state index in [9.17, 15) is 18.8 Å². The summed E-state index contributed by atoms with van der Waals surface area (Å²) in [6.45, 7) is 7.55. The SMILES string of the molecule is CCc1ccc(Oc2cc(F)cc(C(=O)NCC(=O)N(CC)C(C)CCn3ccnc3)c2)cc1.O=CNCc1cc2cnccc2[nH]1. The molecule has 3 amide bonds. The number of likely N-dealkylation sites (N-methyl/N-ethyl adjacent to an activating group) is 1. The maximum atomic E-state index is 14.2. The van der Waals surface area contributed by atoms with Gasteiger partial charge in [0.25, 0.3) is 5.91 Å². The van der Waals surface area contributed by atoms with Crippen molar-refractivity contribution in [3.8, 4) is 11.5 Å². The van der Waals surface area contributed by atoms with Crippen LogP contribution in [-0.4, -0.2) is 61.8 Å². The van der Waals surface area contributed by atoms with Gasteiger partial charge in [0.1, 0.15) is 17.3 Å². The molecule has 5 rings (SSSR count). The van der Waals surface area contributed by atoms with Crippen molar-refractivity contribution in [1.82, 2.24) is 35.1 Å². The first kappa shape index (κ1) is 34.4. The molecule has 12 heteroatoms. The molecule has 0 aliphatic carbocycles. The number of hydrogen-bond donors (Lipinski definition) is 3. The Balaban J connectivity index is 0.000000318. The average Bonchev–Trinajstić information content (AvgIpc) is 3.76. The summed E-state index contributed by atoms with van der Waals surface area (Å²) in [5, 5.41) is 6.26. The number of carbonyl (C=O) groups excluding carboxylic acids is 3. The zero-order valence-corrected chi connectivity index (χ0v) is 26.8. The number of amides is 3. The Kier molecular flexibility index (Phi) is 12.6. The first-order chi connectivity index (χ1) is 22.8. The van der Waals surface area contributed by atoms with Crippen molar-refractivity contribution >= 4 is 29.1 Å². The minimum atomic E-state index is -0.595. The Morgan fingerprint density at radius 1 is 1.06 bits per heavy atom. The van der Waals surface area contributed by atoms with E-state index >= 15 is 0 Å². The predicted octanol–water partition coefficient (Wildman–Crippen LogP) is 5.24. The van der Waals surface area contributed by atoms with Gasteiger partial charge >= 0.3 is 0 Å². The van der Waals surface area contributed by atoms with Crippen molar-refractivity contribution in [2.75, 3.05) is 13.1 Å². The van der Waals surface area contributed by atoms with Crippen molar-refractivity contribution in [2.24, 2.45) is 0 Å². The molecule has 5 aromatic rings. The fraction of sp³-hybridized carbons (Fsp3) is 0.286. The third kappa shape index (κ3) is 10.2. The van der Waals surface area contributed by atoms with E-state index < -0.39 is 11.7 Å². The van der Waals surface area contributed by atoms with Gasteiger partial charge in [-0.05, 0) is 68.7 Å². The number of aryl methyl sites for hydroxylation is 2. The smallest absolute Gasteiger partial charge is 0.251 e. The van der Waals surface area contributed by atoms with Gasteiger partial charge in [0, 0.05) is 72.1 Å². The van der Waals surface area contributed by atoms with E-state index in [1.165, 1.54) is 12.1 Å². The number of rotatable bonds is 14. The molecular formula is C35H40FN7O4. The largest absolute Gasteiger partial charge is 0.457 e. The van der Waals surface area contributed by atoms with E-state index in [1.807, 2.05) is 48.9 Å². The molecule has 0 spiro atoms. The molecule has 3 aromatic heterocycles. The first-order valence-electron chi connectivity index (χ1n) is 15.5. The molecule has 0 radical (unpaired) electrons. The van der Waals surface area contributed by atoms with Crippen molar-refractivity contribution < 1.29 is 23.5 Å². The monoisotopic (exact) mass is 641 g/mol. The van der Waals surface area contributed by atoms with Crippen LogP contribution in [0.4, 0.5) is 4.39 Å². The van der Waals surface area contributed by atoms with E-state index in [0.717, 1.165) is 47.6 Å². The molecule has 1 atom stereocenters. The normalized spacial score (nSPS) is 11.2. The Morgan fingerprint density at radius 2 is 1.87 bits per heavy atom. The summed E-state index contributed by atoms with van der Waals surface area (Å²) in [4.78, 5) is 48.3. The van der Waals surface area contributed by atoms with Crippen LogP contribution in [0.3, 0.4) is 0 Å². The molecule has 3 heterocycles. The fourth-order valence-electron chi connectivity index (χ4n) is 4.97. The van der Waals surface area contributed by atoms with Crippen LogP contribution in [0, 0.1) is 5.82 Å². The Morgan fingerprint density at radius 3 is 2.55 bits per heavy atom. The molecule has 0 bridgehead atoms. The van der Waals surface area contributed by atoms with Gasteiger partial charge < -0.3 is 29.8 Å². The van der Waals surface area contributed by atoms with E-state index in [4.69, 9.17) is 4.74 Å². The molecule has 1 unspecified atom stereocenters. The van der Waals surface area contributed by atoms with Crippen LogP contribution in [0.2, 0.25) is 0 Å². The van der Waals surface area contributed by atoms with E-state index in [0.29, 0.717) is 25.2 Å². The summed E-state index contributed by atoms with van der Waals surface area (Å²) in [5.41, 5.74) is 3.27. The highest BCUT2D eigenvalue weighted by molar-refractivity contribution is 5.96. The number of hydrogen-bond acceptors (Lipinski definition) is 6. The van der Waals surface area contributed by atoms with Gasteiger partial charge in [-0.3, -0.25) is 19.4 Å². The van der Waals surface area contributed by atoms with Crippen LogP contribution in [0.1, 0.15) is 48.8 Å². The number of halogens is 1. The van der Waals surface area contributed by atoms with Crippen molar-refractivity contribution in [3.05, 3.63) is 108 Å². The maximum absolute atomic E-state index is 14.2. The van der Waals surface area contributed by atoms with Gasteiger partial charge in [0.2, 0.25) is 12.3 Å². The van der Waals surface area contributed by atoms with Crippen molar-refractivity contribution in [3.63, 3.8) is 0 Å². The number of benzene rings is 2. The van der Waals surface area contributed by atoms with Crippen LogP contribution in [0.15, 0.2) is 85.7 Å². The second-order valence-electron chi connectivity index (χ2n) is 10.8. The molecule has 3 N–H and O–H groups in total. The molecule has 0 aliphatic heterocycles. The van der Waals surface area contributed by atoms with Gasteiger partial charge in [-0.2, -0.15) is 0 Å². The standard InChI is InChI=1S/C26H31FN4O3.C9H9N3O/c1-4-20-6-8-23(9-7-20)34-24-15-21(14-22(27)16-24)26(33)29-17-25(32)31(5-2)19(3)10-12-30-13-11-28-18-30;13-6-11-5-8-3-7-4-10-2-1-9(7)12-8/h6-9,11,13-16,18-19H,4-5,10,12,17H2,1-3H3,(H,29,33);1-4,6,12H,5H2,(H,11,13). The quantitative estimate of drug-likeness (QED) is 0.142. The number of carbonyl (C=O) groups is 3. The summed E-state index contributed by atoms with van der Waals surface area (Å²) < 4.78 is 21.8. The lowest BCUT2D eigenvalue weighted by atomic mass is 10.1. The molecule has 246 valence electrons. The molecule has 11 nitrogen and oxygen atoms in total. The topological polar surface area (TPSA) is 134 Å². The number of pyridine rings is 1. The van der Waals surface area contributed by atoms with E-state index in [2.05, 4.69) is 32.5 Å². The summed E-state index contributed by atoms with van der Waals surface area (Å²) in [7, 11) is 0.